The molecule has 7 nitrogen and oxygen atoms in total. The largest absolute Gasteiger partial charge is 0.368 e. The summed E-state index contributed by atoms with van der Waals surface area (Å²) in [6, 6.07) is 14.4. The monoisotopic (exact) mass is 436 g/mol. The van der Waals surface area contributed by atoms with Crippen LogP contribution in [-0.4, -0.2) is 53.3 Å². The molecule has 2 aromatic carbocycles. The van der Waals surface area contributed by atoms with E-state index >= 15 is 0 Å². The number of aromatic nitrogens is 2. The van der Waals surface area contributed by atoms with Crippen molar-refractivity contribution in [1.29, 1.82) is 5.26 Å². The van der Waals surface area contributed by atoms with Crippen molar-refractivity contribution in [3.8, 4) is 11.8 Å². The van der Waals surface area contributed by atoms with Gasteiger partial charge in [0.25, 0.3) is 0 Å². The highest BCUT2D eigenvalue weighted by Crippen LogP contribution is 2.24. The van der Waals surface area contributed by atoms with Crippen molar-refractivity contribution < 1.29 is 13.6 Å². The summed E-state index contributed by atoms with van der Waals surface area (Å²) in [5, 5.41) is 16.4. The number of rotatable bonds is 5. The zero-order chi connectivity index (χ0) is 22.7. The SMILES string of the molecule is Cc1cc(NC(=O)CN2CCN(c3cccc(F)c3C#N)CC2)n(-c2ccccc2F)n1. The molecule has 1 aliphatic rings. The van der Waals surface area contributed by atoms with Gasteiger partial charge in [-0.1, -0.05) is 18.2 Å². The molecule has 1 saturated heterocycles. The normalized spacial score (nSPS) is 14.2. The summed E-state index contributed by atoms with van der Waals surface area (Å²) in [6.45, 7) is 4.23. The molecule has 0 unspecified atom stereocenters. The minimum Gasteiger partial charge on any atom is -0.368 e. The van der Waals surface area contributed by atoms with Crippen molar-refractivity contribution in [3.05, 3.63) is 71.4 Å². The number of para-hydroxylation sites is 1. The van der Waals surface area contributed by atoms with Gasteiger partial charge >= 0.3 is 0 Å². The second-order valence-corrected chi connectivity index (χ2v) is 7.59. The fraction of sp³-hybridized carbons (Fsp3) is 0.261. The number of anilines is 2. The summed E-state index contributed by atoms with van der Waals surface area (Å²) >= 11 is 0. The number of amides is 1. The van der Waals surface area contributed by atoms with E-state index in [4.69, 9.17) is 0 Å². The molecule has 164 valence electrons. The first kappa shape index (κ1) is 21.5. The number of nitriles is 1. The van der Waals surface area contributed by atoms with Crippen molar-refractivity contribution in [2.24, 2.45) is 0 Å². The second-order valence-electron chi connectivity index (χ2n) is 7.59. The molecule has 4 rings (SSSR count). The first-order chi connectivity index (χ1) is 15.5. The molecule has 1 N–H and O–H groups in total. The van der Waals surface area contributed by atoms with Gasteiger partial charge in [-0.15, -0.1) is 0 Å². The Balaban J connectivity index is 1.39. The summed E-state index contributed by atoms with van der Waals surface area (Å²) in [5.74, 6) is -0.807. The van der Waals surface area contributed by atoms with Gasteiger partial charge in [0.1, 0.15) is 34.8 Å². The Hall–Kier alpha value is -3.77. The van der Waals surface area contributed by atoms with Crippen molar-refractivity contribution in [2.45, 2.75) is 6.92 Å². The maximum Gasteiger partial charge on any atom is 0.239 e. The molecule has 0 spiro atoms. The van der Waals surface area contributed by atoms with Crippen LogP contribution in [-0.2, 0) is 4.79 Å². The van der Waals surface area contributed by atoms with Gasteiger partial charge in [0.05, 0.1) is 17.9 Å². The van der Waals surface area contributed by atoms with Crippen LogP contribution in [0.15, 0.2) is 48.5 Å². The van der Waals surface area contributed by atoms with Crippen molar-refractivity contribution in [2.75, 3.05) is 42.9 Å². The number of nitrogens with one attached hydrogen (secondary N) is 1. The summed E-state index contributed by atoms with van der Waals surface area (Å²) < 4.78 is 29.5. The predicted molar refractivity (Wildman–Crippen MR) is 117 cm³/mol. The van der Waals surface area contributed by atoms with E-state index in [9.17, 15) is 18.8 Å². The molecule has 1 amide bonds. The molecule has 2 heterocycles. The topological polar surface area (TPSA) is 77.2 Å². The molecule has 0 radical (unpaired) electrons. The van der Waals surface area contributed by atoms with E-state index in [2.05, 4.69) is 10.4 Å². The molecule has 1 fully saturated rings. The number of carbonyl (C=O) groups excluding carboxylic acids is 1. The standard InChI is InChI=1S/C23H22F2N6O/c1-16-13-22(31(28-16)21-7-3-2-5-19(21)25)27-23(32)15-29-9-11-30(12-10-29)20-8-4-6-18(24)17(20)14-26/h2-8,13H,9-12,15H2,1H3,(H,27,32). The summed E-state index contributed by atoms with van der Waals surface area (Å²) in [6.07, 6.45) is 0. The Morgan fingerprint density at radius 2 is 1.75 bits per heavy atom. The van der Waals surface area contributed by atoms with Crippen molar-refractivity contribution >= 4 is 17.4 Å². The Labute approximate surface area is 184 Å². The van der Waals surface area contributed by atoms with Crippen LogP contribution in [0.2, 0.25) is 0 Å². The van der Waals surface area contributed by atoms with E-state index in [1.807, 2.05) is 15.9 Å². The molecular formula is C23H22F2N6O. The van der Waals surface area contributed by atoms with Gasteiger partial charge in [-0.2, -0.15) is 10.4 Å². The minimum absolute atomic E-state index is 0.0375. The molecule has 0 saturated carbocycles. The molecule has 0 bridgehead atoms. The lowest BCUT2D eigenvalue weighted by Crippen LogP contribution is -2.49. The van der Waals surface area contributed by atoms with E-state index in [1.165, 1.54) is 16.8 Å². The fourth-order valence-electron chi connectivity index (χ4n) is 3.81. The van der Waals surface area contributed by atoms with Crippen LogP contribution in [0.3, 0.4) is 0 Å². The van der Waals surface area contributed by atoms with Crippen LogP contribution in [0.4, 0.5) is 20.3 Å². The Kier molecular flexibility index (Phi) is 6.14. The molecule has 1 aliphatic heterocycles. The van der Waals surface area contributed by atoms with Crippen LogP contribution in [0.25, 0.3) is 5.69 Å². The van der Waals surface area contributed by atoms with Gasteiger partial charge in [-0.25, -0.2) is 13.5 Å². The smallest absolute Gasteiger partial charge is 0.239 e. The van der Waals surface area contributed by atoms with Crippen LogP contribution < -0.4 is 10.2 Å². The quantitative estimate of drug-likeness (QED) is 0.665. The molecule has 32 heavy (non-hydrogen) atoms. The maximum absolute atomic E-state index is 14.2. The number of benzene rings is 2. The molecule has 0 atom stereocenters. The predicted octanol–water partition coefficient (Wildman–Crippen LogP) is 3.09. The molecule has 0 aliphatic carbocycles. The zero-order valence-corrected chi connectivity index (χ0v) is 17.6. The van der Waals surface area contributed by atoms with Crippen LogP contribution in [0.1, 0.15) is 11.3 Å². The van der Waals surface area contributed by atoms with E-state index in [0.717, 1.165) is 0 Å². The molecular weight excluding hydrogens is 414 g/mol. The van der Waals surface area contributed by atoms with Crippen LogP contribution in [0.5, 0.6) is 0 Å². The van der Waals surface area contributed by atoms with Gasteiger partial charge in [0, 0.05) is 32.2 Å². The summed E-state index contributed by atoms with van der Waals surface area (Å²) in [5.41, 5.74) is 1.52. The lowest BCUT2D eigenvalue weighted by Gasteiger charge is -2.36. The third kappa shape index (κ3) is 4.45. The van der Waals surface area contributed by atoms with E-state index < -0.39 is 11.6 Å². The van der Waals surface area contributed by atoms with E-state index in [0.29, 0.717) is 43.4 Å². The number of hydrogen-bond donors (Lipinski definition) is 1. The highest BCUT2D eigenvalue weighted by atomic mass is 19.1. The Morgan fingerprint density at radius 3 is 2.47 bits per heavy atom. The highest BCUT2D eigenvalue weighted by Gasteiger charge is 2.23. The van der Waals surface area contributed by atoms with E-state index in [-0.39, 0.29) is 23.7 Å². The lowest BCUT2D eigenvalue weighted by molar-refractivity contribution is -0.117. The Morgan fingerprint density at radius 1 is 1.06 bits per heavy atom. The van der Waals surface area contributed by atoms with Gasteiger partial charge in [-0.05, 0) is 31.2 Å². The van der Waals surface area contributed by atoms with Crippen molar-refractivity contribution in [3.63, 3.8) is 0 Å². The van der Waals surface area contributed by atoms with Crippen molar-refractivity contribution in [1.82, 2.24) is 14.7 Å². The third-order valence-corrected chi connectivity index (χ3v) is 5.36. The summed E-state index contributed by atoms with van der Waals surface area (Å²) in [4.78, 5) is 16.6. The second kappa shape index (κ2) is 9.16. The fourth-order valence-corrected chi connectivity index (χ4v) is 3.81. The maximum atomic E-state index is 14.2. The number of nitrogens with zero attached hydrogens (tertiary/aromatic N) is 5. The van der Waals surface area contributed by atoms with Crippen LogP contribution >= 0.6 is 0 Å². The lowest BCUT2D eigenvalue weighted by atomic mass is 10.1. The van der Waals surface area contributed by atoms with Gasteiger partial charge in [-0.3, -0.25) is 9.69 Å². The molecule has 3 aromatic rings. The Bertz CT molecular complexity index is 1180. The first-order valence-corrected chi connectivity index (χ1v) is 10.2. The molecule has 1 aromatic heterocycles. The number of piperazine rings is 1. The van der Waals surface area contributed by atoms with E-state index in [1.54, 1.807) is 43.3 Å². The third-order valence-electron chi connectivity index (χ3n) is 5.36. The average Bonchev–Trinajstić information content (AvgIpc) is 3.14. The minimum atomic E-state index is -0.534. The number of halogens is 2. The first-order valence-electron chi connectivity index (χ1n) is 10.2. The number of aryl methyl sites for hydroxylation is 1. The van der Waals surface area contributed by atoms with Gasteiger partial charge < -0.3 is 10.2 Å². The average molecular weight is 436 g/mol. The molecule has 9 heteroatoms. The number of hydrogen-bond acceptors (Lipinski definition) is 5. The highest BCUT2D eigenvalue weighted by molar-refractivity contribution is 5.91. The van der Waals surface area contributed by atoms with Gasteiger partial charge in [0.15, 0.2) is 0 Å². The van der Waals surface area contributed by atoms with Crippen LogP contribution in [0, 0.1) is 29.9 Å². The zero-order valence-electron chi connectivity index (χ0n) is 17.6. The summed E-state index contributed by atoms with van der Waals surface area (Å²) in [7, 11) is 0. The number of carbonyl (C=O) groups is 1. The van der Waals surface area contributed by atoms with Gasteiger partial charge in [0.2, 0.25) is 5.91 Å².